The van der Waals surface area contributed by atoms with E-state index in [-0.39, 0.29) is 29.7 Å². The Bertz CT molecular complexity index is 506. The van der Waals surface area contributed by atoms with Gasteiger partial charge in [-0.25, -0.2) is 0 Å². The molecular weight excluding hydrogens is 272 g/mol. The molecule has 0 aromatic heterocycles. The van der Waals surface area contributed by atoms with Gasteiger partial charge in [-0.05, 0) is 25.8 Å². The van der Waals surface area contributed by atoms with Crippen molar-refractivity contribution in [2.45, 2.75) is 44.2 Å². The molecule has 0 saturated carbocycles. The molecule has 0 bridgehead atoms. The lowest BCUT2D eigenvalue weighted by atomic mass is 9.78. The first-order valence-electron chi connectivity index (χ1n) is 7.67. The smallest absolute Gasteiger partial charge is 0.327 e. The molecule has 0 radical (unpaired) electrons. The van der Waals surface area contributed by atoms with Crippen molar-refractivity contribution >= 4 is 17.8 Å². The number of ether oxygens (including phenoxy) is 1. The number of methoxy groups -OCH3 is 1. The second-order valence-corrected chi connectivity index (χ2v) is 6.31. The number of fused-ring (bicyclic) bond motifs is 3. The molecule has 21 heavy (non-hydrogen) atoms. The van der Waals surface area contributed by atoms with Crippen LogP contribution in [-0.4, -0.2) is 59.9 Å². The van der Waals surface area contributed by atoms with Crippen LogP contribution in [0, 0.1) is 11.8 Å². The maximum atomic E-state index is 12.6. The largest absolute Gasteiger partial charge is 0.468 e. The highest BCUT2D eigenvalue weighted by Crippen LogP contribution is 2.54. The van der Waals surface area contributed by atoms with Gasteiger partial charge in [0, 0.05) is 13.1 Å². The minimum atomic E-state index is -0.920. The standard InChI is InChI=1S/C15H22N2O4/c1-4-6-9-10-11(13(19)16(2)12(10)18)15(14(20)21-3)7-5-8-17(9)15/h9-11H,4-8H2,1-3H3/t9-,10+,11-,15+/m0/s1. The Morgan fingerprint density at radius 3 is 2.71 bits per heavy atom. The zero-order valence-corrected chi connectivity index (χ0v) is 12.8. The minimum Gasteiger partial charge on any atom is -0.468 e. The zero-order valence-electron chi connectivity index (χ0n) is 12.8. The normalized spacial score (nSPS) is 38.8. The number of imide groups is 1. The molecule has 3 rings (SSSR count). The highest BCUT2D eigenvalue weighted by Gasteiger charge is 2.72. The summed E-state index contributed by atoms with van der Waals surface area (Å²) in [6, 6.07) is -0.0250. The molecule has 0 N–H and O–H groups in total. The number of esters is 1. The van der Waals surface area contributed by atoms with E-state index < -0.39 is 11.5 Å². The van der Waals surface area contributed by atoms with E-state index in [2.05, 4.69) is 11.8 Å². The summed E-state index contributed by atoms with van der Waals surface area (Å²) in [5, 5.41) is 0. The van der Waals surface area contributed by atoms with Gasteiger partial charge in [0.1, 0.15) is 5.54 Å². The van der Waals surface area contributed by atoms with E-state index in [0.29, 0.717) is 6.42 Å². The number of hydrogen-bond donors (Lipinski definition) is 0. The van der Waals surface area contributed by atoms with Crippen molar-refractivity contribution in [2.24, 2.45) is 11.8 Å². The van der Waals surface area contributed by atoms with Gasteiger partial charge in [0.2, 0.25) is 11.8 Å². The fourth-order valence-corrected chi connectivity index (χ4v) is 4.73. The van der Waals surface area contributed by atoms with Crippen molar-refractivity contribution in [1.29, 1.82) is 0 Å². The lowest BCUT2D eigenvalue weighted by molar-refractivity contribution is -0.158. The third kappa shape index (κ3) is 1.59. The van der Waals surface area contributed by atoms with Gasteiger partial charge < -0.3 is 4.74 Å². The topological polar surface area (TPSA) is 66.9 Å². The Morgan fingerprint density at radius 2 is 2.10 bits per heavy atom. The van der Waals surface area contributed by atoms with Crippen LogP contribution >= 0.6 is 0 Å². The predicted octanol–water partition coefficient (Wildman–Crippen LogP) is 0.407. The van der Waals surface area contributed by atoms with Crippen molar-refractivity contribution in [3.63, 3.8) is 0 Å². The fourth-order valence-electron chi connectivity index (χ4n) is 4.73. The minimum absolute atomic E-state index is 0.0250. The maximum Gasteiger partial charge on any atom is 0.327 e. The molecule has 0 aromatic rings. The summed E-state index contributed by atoms with van der Waals surface area (Å²) in [6.07, 6.45) is 3.22. The highest BCUT2D eigenvalue weighted by atomic mass is 16.5. The van der Waals surface area contributed by atoms with Gasteiger partial charge in [0.15, 0.2) is 0 Å². The highest BCUT2D eigenvalue weighted by molar-refractivity contribution is 6.09. The molecule has 0 unspecified atom stereocenters. The Balaban J connectivity index is 2.12. The van der Waals surface area contributed by atoms with Crippen molar-refractivity contribution in [3.8, 4) is 0 Å². The quantitative estimate of drug-likeness (QED) is 0.557. The zero-order chi connectivity index (χ0) is 15.4. The molecule has 6 heteroatoms. The molecule has 2 amide bonds. The second-order valence-electron chi connectivity index (χ2n) is 6.31. The van der Waals surface area contributed by atoms with Gasteiger partial charge in [-0.3, -0.25) is 24.2 Å². The SMILES string of the molecule is CCC[C@H]1[C@H]2C(=O)N(C)C(=O)[C@H]2[C@@]2(C(=O)OC)CCCN12. The van der Waals surface area contributed by atoms with Crippen molar-refractivity contribution < 1.29 is 19.1 Å². The molecule has 0 aliphatic carbocycles. The van der Waals surface area contributed by atoms with Crippen molar-refractivity contribution in [1.82, 2.24) is 9.80 Å². The molecule has 116 valence electrons. The molecule has 3 heterocycles. The van der Waals surface area contributed by atoms with Crippen molar-refractivity contribution in [3.05, 3.63) is 0 Å². The van der Waals surface area contributed by atoms with E-state index >= 15 is 0 Å². The molecule has 3 aliphatic rings. The van der Waals surface area contributed by atoms with Crippen LogP contribution in [0.15, 0.2) is 0 Å². The van der Waals surface area contributed by atoms with E-state index in [1.54, 1.807) is 0 Å². The maximum absolute atomic E-state index is 12.6. The van der Waals surface area contributed by atoms with Crippen LogP contribution in [0.1, 0.15) is 32.6 Å². The predicted molar refractivity (Wildman–Crippen MR) is 74.1 cm³/mol. The van der Waals surface area contributed by atoms with Gasteiger partial charge in [-0.2, -0.15) is 0 Å². The Hall–Kier alpha value is -1.43. The van der Waals surface area contributed by atoms with Gasteiger partial charge >= 0.3 is 5.97 Å². The summed E-state index contributed by atoms with van der Waals surface area (Å²) in [7, 11) is 2.89. The van der Waals surface area contributed by atoms with Crippen LogP contribution in [0.25, 0.3) is 0 Å². The fraction of sp³-hybridized carbons (Fsp3) is 0.800. The number of amides is 2. The molecule has 0 spiro atoms. The average Bonchev–Trinajstić information content (AvgIpc) is 3.08. The second kappa shape index (κ2) is 4.80. The first kappa shape index (κ1) is 14.5. The Labute approximate surface area is 124 Å². The molecule has 3 saturated heterocycles. The molecule has 3 fully saturated rings. The van der Waals surface area contributed by atoms with Crippen molar-refractivity contribution in [2.75, 3.05) is 20.7 Å². The first-order valence-corrected chi connectivity index (χ1v) is 7.67. The van der Waals surface area contributed by atoms with Crippen LogP contribution < -0.4 is 0 Å². The van der Waals surface area contributed by atoms with Gasteiger partial charge in [-0.15, -0.1) is 0 Å². The molecule has 6 nitrogen and oxygen atoms in total. The van der Waals surface area contributed by atoms with E-state index in [9.17, 15) is 14.4 Å². The third-order valence-corrected chi connectivity index (χ3v) is 5.49. The lowest BCUT2D eigenvalue weighted by Crippen LogP contribution is -2.55. The number of hydrogen-bond acceptors (Lipinski definition) is 5. The van der Waals surface area contributed by atoms with Gasteiger partial charge in [0.25, 0.3) is 0 Å². The van der Waals surface area contributed by atoms with E-state index in [0.717, 1.165) is 25.8 Å². The van der Waals surface area contributed by atoms with Crippen LogP contribution in [0.5, 0.6) is 0 Å². The summed E-state index contributed by atoms with van der Waals surface area (Å²) in [4.78, 5) is 40.9. The van der Waals surface area contributed by atoms with Gasteiger partial charge in [-0.1, -0.05) is 13.3 Å². The van der Waals surface area contributed by atoms with E-state index in [1.807, 2.05) is 0 Å². The molecule has 3 aliphatic heterocycles. The molecular formula is C15H22N2O4. The van der Waals surface area contributed by atoms with Crippen LogP contribution in [0.3, 0.4) is 0 Å². The molecule has 0 aromatic carbocycles. The number of carbonyl (C=O) groups is 3. The number of likely N-dealkylation sites (tertiary alicyclic amines) is 1. The summed E-state index contributed by atoms with van der Waals surface area (Å²) in [5.41, 5.74) is -0.920. The molecule has 4 atom stereocenters. The Morgan fingerprint density at radius 1 is 1.38 bits per heavy atom. The number of nitrogens with zero attached hydrogens (tertiary/aromatic N) is 2. The van der Waals surface area contributed by atoms with Crippen LogP contribution in [0.4, 0.5) is 0 Å². The summed E-state index contributed by atoms with van der Waals surface area (Å²) >= 11 is 0. The summed E-state index contributed by atoms with van der Waals surface area (Å²) < 4.78 is 5.03. The first-order chi connectivity index (χ1) is 10.0. The lowest BCUT2D eigenvalue weighted by Gasteiger charge is -2.35. The monoisotopic (exact) mass is 294 g/mol. The van der Waals surface area contributed by atoms with E-state index in [4.69, 9.17) is 4.74 Å². The Kier molecular flexibility index (Phi) is 3.31. The van der Waals surface area contributed by atoms with Crippen LogP contribution in [-0.2, 0) is 19.1 Å². The van der Waals surface area contributed by atoms with Crippen LogP contribution in [0.2, 0.25) is 0 Å². The van der Waals surface area contributed by atoms with Gasteiger partial charge in [0.05, 0.1) is 18.9 Å². The third-order valence-electron chi connectivity index (χ3n) is 5.49. The van der Waals surface area contributed by atoms with E-state index in [1.165, 1.54) is 19.1 Å². The number of carbonyl (C=O) groups excluding carboxylic acids is 3. The summed E-state index contributed by atoms with van der Waals surface area (Å²) in [5.74, 6) is -1.67. The average molecular weight is 294 g/mol. The summed E-state index contributed by atoms with van der Waals surface area (Å²) in [6.45, 7) is 2.82. The number of rotatable bonds is 3.